The van der Waals surface area contributed by atoms with Crippen LogP contribution in [0.1, 0.15) is 12.0 Å². The zero-order valence-electron chi connectivity index (χ0n) is 8.06. The minimum absolute atomic E-state index is 0.210. The molecule has 3 N–H and O–H groups in total. The van der Waals surface area contributed by atoms with Gasteiger partial charge in [0.1, 0.15) is 0 Å². The molecule has 0 spiro atoms. The summed E-state index contributed by atoms with van der Waals surface area (Å²) in [7, 11) is 0. The van der Waals surface area contributed by atoms with Crippen molar-refractivity contribution >= 4 is 34.1 Å². The normalized spacial score (nSPS) is 17.2. The van der Waals surface area contributed by atoms with E-state index in [0.29, 0.717) is 0 Å². The molecule has 0 atom stereocenters. The van der Waals surface area contributed by atoms with E-state index < -0.39 is 0 Å². The standard InChI is InChI=1S/C10H11N3S2/c11-10(14)13-12-9-6-5-7-3-1-2-4-8(7)15-9/h1-4H,5-6H2,(H3,11,13,14)/b12-9+. The summed E-state index contributed by atoms with van der Waals surface area (Å²) in [5.74, 6) is 0. The maximum Gasteiger partial charge on any atom is 0.184 e. The summed E-state index contributed by atoms with van der Waals surface area (Å²) < 4.78 is 0. The van der Waals surface area contributed by atoms with Gasteiger partial charge in [-0.1, -0.05) is 30.0 Å². The number of thioether (sulfide) groups is 1. The highest BCUT2D eigenvalue weighted by atomic mass is 32.2. The highest BCUT2D eigenvalue weighted by Crippen LogP contribution is 2.31. The topological polar surface area (TPSA) is 50.4 Å². The van der Waals surface area contributed by atoms with E-state index in [9.17, 15) is 0 Å². The summed E-state index contributed by atoms with van der Waals surface area (Å²) in [6, 6.07) is 8.36. The fourth-order valence-electron chi connectivity index (χ4n) is 1.43. The molecular formula is C10H11N3S2. The first kappa shape index (κ1) is 10.4. The maximum atomic E-state index is 5.31. The number of nitrogens with one attached hydrogen (secondary N) is 1. The number of rotatable bonds is 1. The van der Waals surface area contributed by atoms with E-state index in [1.54, 1.807) is 11.8 Å². The fourth-order valence-corrected chi connectivity index (χ4v) is 2.47. The van der Waals surface area contributed by atoms with Gasteiger partial charge in [0.05, 0.1) is 5.04 Å². The molecule has 5 heteroatoms. The smallest absolute Gasteiger partial charge is 0.184 e. The summed E-state index contributed by atoms with van der Waals surface area (Å²) in [4.78, 5) is 1.27. The Bertz CT molecular complexity index is 415. The zero-order valence-corrected chi connectivity index (χ0v) is 9.70. The Morgan fingerprint density at radius 1 is 1.40 bits per heavy atom. The number of benzene rings is 1. The van der Waals surface area contributed by atoms with Crippen LogP contribution in [0.5, 0.6) is 0 Å². The molecule has 15 heavy (non-hydrogen) atoms. The molecule has 2 rings (SSSR count). The molecule has 0 aliphatic carbocycles. The molecule has 78 valence electrons. The summed E-state index contributed by atoms with van der Waals surface area (Å²) in [5, 5.41) is 5.38. The Hall–Kier alpha value is -1.07. The molecule has 0 bridgehead atoms. The predicted molar refractivity (Wildman–Crippen MR) is 68.0 cm³/mol. The second-order valence-corrected chi connectivity index (χ2v) is 4.75. The Morgan fingerprint density at radius 2 is 2.20 bits per heavy atom. The van der Waals surface area contributed by atoms with Crippen LogP contribution in [-0.4, -0.2) is 10.2 Å². The number of hydrogen-bond donors (Lipinski definition) is 2. The summed E-state index contributed by atoms with van der Waals surface area (Å²) in [6.45, 7) is 0. The van der Waals surface area contributed by atoms with E-state index in [4.69, 9.17) is 18.0 Å². The lowest BCUT2D eigenvalue weighted by Crippen LogP contribution is -2.25. The molecule has 1 aliphatic rings. The minimum Gasteiger partial charge on any atom is -0.375 e. The van der Waals surface area contributed by atoms with Gasteiger partial charge in [0.15, 0.2) is 5.11 Å². The van der Waals surface area contributed by atoms with Crippen LogP contribution in [0.2, 0.25) is 0 Å². The third-order valence-corrected chi connectivity index (χ3v) is 3.34. The minimum atomic E-state index is 0.210. The van der Waals surface area contributed by atoms with Crippen LogP contribution in [0, 0.1) is 0 Å². The lowest BCUT2D eigenvalue weighted by molar-refractivity contribution is 0.962. The van der Waals surface area contributed by atoms with Gasteiger partial charge in [-0.2, -0.15) is 5.10 Å². The lowest BCUT2D eigenvalue weighted by Gasteiger charge is -2.16. The average Bonchev–Trinajstić information content (AvgIpc) is 2.26. The van der Waals surface area contributed by atoms with Crippen molar-refractivity contribution in [3.8, 4) is 0 Å². The van der Waals surface area contributed by atoms with Crippen molar-refractivity contribution in [2.45, 2.75) is 17.7 Å². The second-order valence-electron chi connectivity index (χ2n) is 3.19. The molecule has 0 radical (unpaired) electrons. The van der Waals surface area contributed by atoms with E-state index in [2.05, 4.69) is 28.7 Å². The van der Waals surface area contributed by atoms with Crippen molar-refractivity contribution in [2.75, 3.05) is 0 Å². The second kappa shape index (κ2) is 4.63. The fraction of sp³-hybridized carbons (Fsp3) is 0.200. The number of fused-ring (bicyclic) bond motifs is 1. The van der Waals surface area contributed by atoms with Crippen molar-refractivity contribution in [1.29, 1.82) is 0 Å². The molecule has 1 aromatic rings. The van der Waals surface area contributed by atoms with E-state index in [1.807, 2.05) is 6.07 Å². The van der Waals surface area contributed by atoms with Crippen molar-refractivity contribution in [3.05, 3.63) is 29.8 Å². The van der Waals surface area contributed by atoms with E-state index in [0.717, 1.165) is 17.9 Å². The van der Waals surface area contributed by atoms with Crippen LogP contribution >= 0.6 is 24.0 Å². The monoisotopic (exact) mass is 237 g/mol. The highest BCUT2D eigenvalue weighted by Gasteiger charge is 2.14. The first-order chi connectivity index (χ1) is 7.25. The van der Waals surface area contributed by atoms with Gasteiger partial charge in [-0.15, -0.1) is 0 Å². The predicted octanol–water partition coefficient (Wildman–Crippen LogP) is 1.87. The van der Waals surface area contributed by atoms with Gasteiger partial charge >= 0.3 is 0 Å². The van der Waals surface area contributed by atoms with Crippen LogP contribution < -0.4 is 11.2 Å². The van der Waals surface area contributed by atoms with Gasteiger partial charge in [0, 0.05) is 11.3 Å². The molecule has 0 aromatic heterocycles. The van der Waals surface area contributed by atoms with Crippen LogP contribution in [-0.2, 0) is 6.42 Å². The number of aryl methyl sites for hydroxylation is 1. The first-order valence-electron chi connectivity index (χ1n) is 4.63. The number of nitrogens with zero attached hydrogens (tertiary/aromatic N) is 1. The van der Waals surface area contributed by atoms with Crippen molar-refractivity contribution in [2.24, 2.45) is 10.8 Å². The van der Waals surface area contributed by atoms with Gasteiger partial charge in [-0.3, -0.25) is 5.43 Å². The zero-order chi connectivity index (χ0) is 10.7. The van der Waals surface area contributed by atoms with Crippen molar-refractivity contribution in [3.63, 3.8) is 0 Å². The highest BCUT2D eigenvalue weighted by molar-refractivity contribution is 8.14. The average molecular weight is 237 g/mol. The Kier molecular flexibility index (Phi) is 3.23. The van der Waals surface area contributed by atoms with E-state index >= 15 is 0 Å². The molecular weight excluding hydrogens is 226 g/mol. The van der Waals surface area contributed by atoms with Crippen LogP contribution in [0.25, 0.3) is 0 Å². The van der Waals surface area contributed by atoms with Crippen molar-refractivity contribution in [1.82, 2.24) is 5.43 Å². The van der Waals surface area contributed by atoms with Crippen LogP contribution in [0.15, 0.2) is 34.3 Å². The third kappa shape index (κ3) is 2.70. The number of hydrogen-bond acceptors (Lipinski definition) is 3. The molecule has 1 aromatic carbocycles. The summed E-state index contributed by atoms with van der Waals surface area (Å²) >= 11 is 6.36. The Balaban J connectivity index is 2.12. The number of hydrazone groups is 1. The molecule has 1 aliphatic heterocycles. The van der Waals surface area contributed by atoms with Gasteiger partial charge in [0.25, 0.3) is 0 Å². The van der Waals surface area contributed by atoms with Gasteiger partial charge in [-0.25, -0.2) is 0 Å². The largest absolute Gasteiger partial charge is 0.375 e. The third-order valence-electron chi connectivity index (χ3n) is 2.10. The Morgan fingerprint density at radius 3 is 3.00 bits per heavy atom. The lowest BCUT2D eigenvalue weighted by atomic mass is 10.1. The van der Waals surface area contributed by atoms with Crippen LogP contribution in [0.4, 0.5) is 0 Å². The molecule has 3 nitrogen and oxygen atoms in total. The molecule has 1 heterocycles. The summed E-state index contributed by atoms with van der Waals surface area (Å²) in [5.41, 5.74) is 9.32. The molecule has 0 saturated carbocycles. The SMILES string of the molecule is NC(=S)N/N=C1\CCc2ccccc2S1. The molecule has 0 fully saturated rings. The van der Waals surface area contributed by atoms with Gasteiger partial charge in [0.2, 0.25) is 0 Å². The first-order valence-corrected chi connectivity index (χ1v) is 5.86. The maximum absolute atomic E-state index is 5.31. The molecule has 0 amide bonds. The molecule has 0 unspecified atom stereocenters. The van der Waals surface area contributed by atoms with Crippen LogP contribution in [0.3, 0.4) is 0 Å². The van der Waals surface area contributed by atoms with Crippen molar-refractivity contribution < 1.29 is 0 Å². The van der Waals surface area contributed by atoms with Gasteiger partial charge < -0.3 is 5.73 Å². The van der Waals surface area contributed by atoms with E-state index in [1.165, 1.54) is 10.5 Å². The molecule has 0 saturated heterocycles. The quantitative estimate of drug-likeness (QED) is 0.578. The number of nitrogens with two attached hydrogens (primary N) is 1. The summed E-state index contributed by atoms with van der Waals surface area (Å²) in [6.07, 6.45) is 1.97. The van der Waals surface area contributed by atoms with E-state index in [-0.39, 0.29) is 5.11 Å². The van der Waals surface area contributed by atoms with Gasteiger partial charge in [-0.05, 0) is 30.3 Å². The number of thiocarbonyl (C=S) groups is 1. The Labute approximate surface area is 98.1 Å².